The maximum absolute atomic E-state index is 12.1. The van der Waals surface area contributed by atoms with Crippen LogP contribution in [0, 0.1) is 0 Å². The van der Waals surface area contributed by atoms with Gasteiger partial charge in [-0.25, -0.2) is 4.79 Å². The van der Waals surface area contributed by atoms with E-state index in [0.717, 1.165) is 9.75 Å². The fourth-order valence-electron chi connectivity index (χ4n) is 2.26. The Hall–Kier alpha value is -2.19. The number of hydrogen-bond acceptors (Lipinski definition) is 6. The van der Waals surface area contributed by atoms with Gasteiger partial charge in [0, 0.05) is 10.9 Å². The molecule has 1 N–H and O–H groups in total. The Morgan fingerprint density at radius 3 is 2.79 bits per heavy atom. The van der Waals surface area contributed by atoms with Crippen LogP contribution < -0.4 is 11.1 Å². The van der Waals surface area contributed by atoms with Crippen molar-refractivity contribution in [1.82, 2.24) is 15.1 Å². The first-order valence-electron chi connectivity index (χ1n) is 7.59. The number of carbonyl (C=O) groups excluding carboxylic acids is 1. The van der Waals surface area contributed by atoms with Gasteiger partial charge >= 0.3 is 5.76 Å². The average molecular weight is 363 g/mol. The highest BCUT2D eigenvalue weighted by Crippen LogP contribution is 2.21. The summed E-state index contributed by atoms with van der Waals surface area (Å²) in [5, 5.41) is 11.0. The number of nitrogens with zero attached hydrogens (tertiary/aromatic N) is 2. The molecular formula is C16H17N3O3S2. The summed E-state index contributed by atoms with van der Waals surface area (Å²) in [4.78, 5) is 25.9. The van der Waals surface area contributed by atoms with Gasteiger partial charge < -0.3 is 9.73 Å². The third-order valence-corrected chi connectivity index (χ3v) is 5.24. The van der Waals surface area contributed by atoms with Crippen molar-refractivity contribution in [2.24, 2.45) is 0 Å². The average Bonchev–Trinajstić information content (AvgIpc) is 3.29. The van der Waals surface area contributed by atoms with Gasteiger partial charge in [-0.15, -0.1) is 27.8 Å². The zero-order valence-electron chi connectivity index (χ0n) is 13.1. The summed E-state index contributed by atoms with van der Waals surface area (Å²) in [6, 6.07) is 7.40. The molecule has 3 heterocycles. The first-order valence-corrected chi connectivity index (χ1v) is 9.35. The summed E-state index contributed by atoms with van der Waals surface area (Å²) < 4.78 is 6.46. The predicted octanol–water partition coefficient (Wildman–Crippen LogP) is 2.76. The van der Waals surface area contributed by atoms with E-state index in [0.29, 0.717) is 25.3 Å². The Kier molecular flexibility index (Phi) is 5.27. The van der Waals surface area contributed by atoms with E-state index < -0.39 is 5.76 Å². The molecule has 8 heteroatoms. The molecule has 0 aromatic carbocycles. The highest BCUT2D eigenvalue weighted by Gasteiger charge is 2.17. The molecule has 0 radical (unpaired) electrons. The lowest BCUT2D eigenvalue weighted by Crippen LogP contribution is -2.40. The minimum Gasteiger partial charge on any atom is -0.387 e. The highest BCUT2D eigenvalue weighted by molar-refractivity contribution is 7.13. The molecule has 0 aliphatic heterocycles. The van der Waals surface area contributed by atoms with E-state index in [9.17, 15) is 9.59 Å². The van der Waals surface area contributed by atoms with Crippen molar-refractivity contribution >= 4 is 28.6 Å². The number of rotatable bonds is 7. The van der Waals surface area contributed by atoms with Crippen LogP contribution in [0.3, 0.4) is 0 Å². The van der Waals surface area contributed by atoms with E-state index in [2.05, 4.69) is 10.4 Å². The summed E-state index contributed by atoms with van der Waals surface area (Å²) in [7, 11) is 0. The van der Waals surface area contributed by atoms with E-state index in [-0.39, 0.29) is 11.9 Å². The fourth-order valence-corrected chi connectivity index (χ4v) is 3.60. The summed E-state index contributed by atoms with van der Waals surface area (Å²) in [5.74, 6) is -0.251. The normalized spacial score (nSPS) is 12.2. The quantitative estimate of drug-likeness (QED) is 0.700. The molecular weight excluding hydrogens is 346 g/mol. The summed E-state index contributed by atoms with van der Waals surface area (Å²) in [6.07, 6.45) is 1.05. The molecule has 3 aromatic rings. The van der Waals surface area contributed by atoms with Crippen LogP contribution in [0.2, 0.25) is 0 Å². The molecule has 24 heavy (non-hydrogen) atoms. The van der Waals surface area contributed by atoms with Gasteiger partial charge in [0.25, 0.3) is 5.89 Å². The molecule has 3 rings (SSSR count). The molecule has 0 bridgehead atoms. The number of amides is 1. The molecule has 0 aliphatic carbocycles. The smallest absolute Gasteiger partial charge is 0.387 e. The number of thiophene rings is 2. The Morgan fingerprint density at radius 2 is 2.12 bits per heavy atom. The lowest BCUT2D eigenvalue weighted by molar-refractivity contribution is -0.121. The zero-order valence-corrected chi connectivity index (χ0v) is 14.7. The molecule has 0 aliphatic rings. The van der Waals surface area contributed by atoms with Crippen molar-refractivity contribution in [2.45, 2.75) is 32.4 Å². The van der Waals surface area contributed by atoms with Crippen molar-refractivity contribution in [2.75, 3.05) is 0 Å². The third-order valence-electron chi connectivity index (χ3n) is 3.50. The Morgan fingerprint density at radius 1 is 1.33 bits per heavy atom. The van der Waals surface area contributed by atoms with Crippen LogP contribution in [0.5, 0.6) is 0 Å². The van der Waals surface area contributed by atoms with Gasteiger partial charge in [-0.3, -0.25) is 4.79 Å². The number of carbonyl (C=O) groups is 1. The van der Waals surface area contributed by atoms with Gasteiger partial charge in [0.15, 0.2) is 0 Å². The van der Waals surface area contributed by atoms with Crippen molar-refractivity contribution < 1.29 is 9.21 Å². The molecule has 3 aromatic heterocycles. The van der Waals surface area contributed by atoms with E-state index >= 15 is 0 Å². The molecule has 1 atom stereocenters. The minimum atomic E-state index is -0.510. The Bertz CT molecular complexity index is 834. The van der Waals surface area contributed by atoms with Crippen molar-refractivity contribution in [3.05, 3.63) is 50.5 Å². The number of aromatic nitrogens is 2. The molecule has 1 amide bonds. The predicted molar refractivity (Wildman–Crippen MR) is 94.3 cm³/mol. The standard InChI is InChI=1S/C16H17N3O3S2/c1-2-11(17-14(20)9-12-5-3-7-23-12)10-19-16(21)22-15(18-19)13-6-4-8-24-13/h3-8,11H,2,9-10H2,1H3,(H,17,20)/t11-/m0/s1. The highest BCUT2D eigenvalue weighted by atomic mass is 32.1. The van der Waals surface area contributed by atoms with Gasteiger partial charge in [-0.2, -0.15) is 4.68 Å². The van der Waals surface area contributed by atoms with Crippen molar-refractivity contribution in [3.8, 4) is 10.8 Å². The molecule has 0 saturated carbocycles. The summed E-state index contributed by atoms with van der Waals surface area (Å²) in [6.45, 7) is 2.25. The van der Waals surface area contributed by atoms with E-state index in [1.807, 2.05) is 41.9 Å². The van der Waals surface area contributed by atoms with Gasteiger partial charge in [-0.05, 0) is 29.3 Å². The maximum Gasteiger partial charge on any atom is 0.437 e. The number of hydrogen-bond donors (Lipinski definition) is 1. The molecule has 0 saturated heterocycles. The maximum atomic E-state index is 12.1. The van der Waals surface area contributed by atoms with Crippen LogP contribution >= 0.6 is 22.7 Å². The minimum absolute atomic E-state index is 0.0562. The summed E-state index contributed by atoms with van der Waals surface area (Å²) >= 11 is 3.01. The summed E-state index contributed by atoms with van der Waals surface area (Å²) in [5.41, 5.74) is 0. The van der Waals surface area contributed by atoms with Gasteiger partial charge in [0.05, 0.1) is 17.8 Å². The van der Waals surface area contributed by atoms with E-state index in [1.54, 1.807) is 11.3 Å². The lowest BCUT2D eigenvalue weighted by atomic mass is 10.2. The molecule has 126 valence electrons. The van der Waals surface area contributed by atoms with E-state index in [1.165, 1.54) is 16.0 Å². The number of nitrogens with one attached hydrogen (secondary N) is 1. The van der Waals surface area contributed by atoms with Gasteiger partial charge in [0.2, 0.25) is 5.91 Å². The van der Waals surface area contributed by atoms with Crippen LogP contribution in [0.1, 0.15) is 18.2 Å². The van der Waals surface area contributed by atoms with Gasteiger partial charge in [0.1, 0.15) is 0 Å². The second-order valence-corrected chi connectivity index (χ2v) is 7.24. The van der Waals surface area contributed by atoms with Crippen LogP contribution in [0.4, 0.5) is 0 Å². The second kappa shape index (κ2) is 7.59. The zero-order chi connectivity index (χ0) is 16.9. The Labute approximate surface area is 146 Å². The van der Waals surface area contributed by atoms with Gasteiger partial charge in [-0.1, -0.05) is 19.1 Å². The third kappa shape index (κ3) is 4.01. The molecule has 0 spiro atoms. The van der Waals surface area contributed by atoms with Crippen molar-refractivity contribution in [1.29, 1.82) is 0 Å². The molecule has 0 unspecified atom stereocenters. The van der Waals surface area contributed by atoms with Crippen molar-refractivity contribution in [3.63, 3.8) is 0 Å². The fraction of sp³-hybridized carbons (Fsp3) is 0.312. The topological polar surface area (TPSA) is 77.1 Å². The second-order valence-electron chi connectivity index (χ2n) is 5.26. The molecule has 6 nitrogen and oxygen atoms in total. The van der Waals surface area contributed by atoms with Crippen LogP contribution in [0.25, 0.3) is 10.8 Å². The van der Waals surface area contributed by atoms with E-state index in [4.69, 9.17) is 4.42 Å². The molecule has 0 fully saturated rings. The van der Waals surface area contributed by atoms with Crippen LogP contribution in [0.15, 0.2) is 44.2 Å². The largest absolute Gasteiger partial charge is 0.437 e. The first kappa shape index (κ1) is 16.7. The van der Waals surface area contributed by atoms with Crippen LogP contribution in [-0.4, -0.2) is 21.7 Å². The lowest BCUT2D eigenvalue weighted by Gasteiger charge is -2.15. The monoisotopic (exact) mass is 363 g/mol. The Balaban J connectivity index is 1.65. The first-order chi connectivity index (χ1) is 11.7. The van der Waals surface area contributed by atoms with Crippen LogP contribution in [-0.2, 0) is 17.8 Å². The SMILES string of the molecule is CC[C@@H](Cn1nc(-c2cccs2)oc1=O)NC(=O)Cc1cccs1.